The zero-order valence-electron chi connectivity index (χ0n) is 19.4. The Balaban J connectivity index is 4.89. The van der Waals surface area contributed by atoms with Crippen molar-refractivity contribution in [3.63, 3.8) is 0 Å². The largest absolute Gasteiger partial charge is 0.468 e. The maximum Gasteiger partial charge on any atom is 0.323 e. The monoisotopic (exact) mass is 458 g/mol. The Morgan fingerprint density at radius 2 is 1.59 bits per heavy atom. The minimum absolute atomic E-state index is 0.0522. The van der Waals surface area contributed by atoms with Crippen molar-refractivity contribution < 1.29 is 38.1 Å². The van der Waals surface area contributed by atoms with E-state index in [9.17, 15) is 19.2 Å². The first-order chi connectivity index (χ1) is 15.4. The molecule has 0 amide bonds. The van der Waals surface area contributed by atoms with Gasteiger partial charge in [-0.15, -0.1) is 0 Å². The van der Waals surface area contributed by atoms with Crippen LogP contribution in [0, 0.1) is 0 Å². The molecule has 0 rings (SSSR count). The zero-order valence-corrected chi connectivity index (χ0v) is 19.4. The summed E-state index contributed by atoms with van der Waals surface area (Å²) < 4.78 is 19.6. The van der Waals surface area contributed by atoms with Gasteiger partial charge >= 0.3 is 11.9 Å². The lowest BCUT2D eigenvalue weighted by Crippen LogP contribution is -2.47. The number of hydrogen-bond donors (Lipinski definition) is 2. The summed E-state index contributed by atoms with van der Waals surface area (Å²) in [5, 5.41) is 6.57. The van der Waals surface area contributed by atoms with Crippen LogP contribution in [-0.2, 0) is 38.1 Å². The van der Waals surface area contributed by atoms with Gasteiger partial charge in [0, 0.05) is 12.1 Å². The number of carbonyl (C=O) groups is 4. The number of esters is 2. The summed E-state index contributed by atoms with van der Waals surface area (Å²) in [6.45, 7) is 11.7. The van der Waals surface area contributed by atoms with E-state index in [1.807, 2.05) is 6.92 Å². The van der Waals surface area contributed by atoms with Gasteiger partial charge in [-0.25, -0.2) is 0 Å². The molecule has 10 heteroatoms. The Morgan fingerprint density at radius 3 is 2.19 bits per heavy atom. The van der Waals surface area contributed by atoms with E-state index in [0.29, 0.717) is 45.4 Å². The molecule has 32 heavy (non-hydrogen) atoms. The molecule has 3 atom stereocenters. The molecule has 0 aromatic rings. The Bertz CT molecular complexity index is 570. The van der Waals surface area contributed by atoms with Crippen LogP contribution >= 0.6 is 0 Å². The molecule has 0 saturated heterocycles. The molecule has 2 N–H and O–H groups in total. The average molecular weight is 459 g/mol. The third kappa shape index (κ3) is 14.5. The van der Waals surface area contributed by atoms with Gasteiger partial charge in [-0.3, -0.25) is 24.5 Å². The predicted octanol–water partition coefficient (Wildman–Crippen LogP) is 1.27. The van der Waals surface area contributed by atoms with E-state index in [4.69, 9.17) is 18.9 Å². The van der Waals surface area contributed by atoms with Crippen LogP contribution in [-0.4, -0.2) is 76.0 Å². The second-order valence-electron chi connectivity index (χ2n) is 7.18. The lowest BCUT2D eigenvalue weighted by Gasteiger charge is -2.26. The zero-order chi connectivity index (χ0) is 24.2. The summed E-state index contributed by atoms with van der Waals surface area (Å²) in [5.74, 6) is -0.997. The standard InChI is InChI=1S/C22H38N2O8/c1-5-31-21(27)14-20(22(28)32-6-2)24-19(17(3)4)9-11-23-18(10-13-30-16-26)8-7-12-29-15-25/h15-16,18-20,23-24H,3,5-14H2,1-2,4H3. The highest BCUT2D eigenvalue weighted by Gasteiger charge is 2.27. The molecule has 0 aromatic carbocycles. The summed E-state index contributed by atoms with van der Waals surface area (Å²) in [7, 11) is 0. The van der Waals surface area contributed by atoms with Crippen LogP contribution in [0.4, 0.5) is 0 Å². The minimum atomic E-state index is -0.840. The van der Waals surface area contributed by atoms with E-state index in [2.05, 4.69) is 17.2 Å². The summed E-state index contributed by atoms with van der Waals surface area (Å²) in [6.07, 6.45) is 2.48. The quantitative estimate of drug-likeness (QED) is 0.0853. The highest BCUT2D eigenvalue weighted by atomic mass is 16.5. The molecular weight excluding hydrogens is 420 g/mol. The van der Waals surface area contributed by atoms with Crippen molar-refractivity contribution >= 4 is 24.9 Å². The average Bonchev–Trinajstić information content (AvgIpc) is 2.75. The van der Waals surface area contributed by atoms with Crippen LogP contribution in [0.25, 0.3) is 0 Å². The summed E-state index contributed by atoms with van der Waals surface area (Å²) in [4.78, 5) is 44.9. The van der Waals surface area contributed by atoms with E-state index >= 15 is 0 Å². The number of carbonyl (C=O) groups excluding carboxylic acids is 4. The first-order valence-corrected chi connectivity index (χ1v) is 11.0. The van der Waals surface area contributed by atoms with Crippen molar-refractivity contribution in [3.05, 3.63) is 12.2 Å². The van der Waals surface area contributed by atoms with Crippen LogP contribution in [0.15, 0.2) is 12.2 Å². The molecule has 0 saturated carbocycles. The first kappa shape index (κ1) is 29.5. The third-order valence-corrected chi connectivity index (χ3v) is 4.65. The maximum atomic E-state index is 12.3. The normalized spacial score (nSPS) is 13.3. The van der Waals surface area contributed by atoms with Crippen molar-refractivity contribution in [1.29, 1.82) is 0 Å². The molecule has 10 nitrogen and oxygen atoms in total. The van der Waals surface area contributed by atoms with Crippen LogP contribution < -0.4 is 10.6 Å². The molecule has 0 aliphatic rings. The molecule has 0 aliphatic carbocycles. The SMILES string of the molecule is C=C(C)C(CCNC(CCCOC=O)CCOC=O)NC(CC(=O)OCC)C(=O)OCC. The molecule has 0 aliphatic heterocycles. The van der Waals surface area contributed by atoms with E-state index in [1.165, 1.54) is 0 Å². The van der Waals surface area contributed by atoms with Crippen molar-refractivity contribution in [2.45, 2.75) is 71.0 Å². The third-order valence-electron chi connectivity index (χ3n) is 4.65. The smallest absolute Gasteiger partial charge is 0.323 e. The molecule has 0 heterocycles. The number of hydrogen-bond acceptors (Lipinski definition) is 10. The van der Waals surface area contributed by atoms with Gasteiger partial charge < -0.3 is 24.3 Å². The Labute approximate surface area is 190 Å². The number of nitrogens with one attached hydrogen (secondary N) is 2. The predicted molar refractivity (Wildman–Crippen MR) is 118 cm³/mol. The fraction of sp³-hybridized carbons (Fsp3) is 0.727. The van der Waals surface area contributed by atoms with E-state index in [1.54, 1.807) is 13.8 Å². The van der Waals surface area contributed by atoms with Crippen molar-refractivity contribution in [2.75, 3.05) is 33.0 Å². The molecule has 0 bridgehead atoms. The van der Waals surface area contributed by atoms with Crippen molar-refractivity contribution in [2.24, 2.45) is 0 Å². The van der Waals surface area contributed by atoms with Crippen LogP contribution in [0.2, 0.25) is 0 Å². The van der Waals surface area contributed by atoms with Gasteiger partial charge in [0.05, 0.1) is 32.8 Å². The fourth-order valence-electron chi connectivity index (χ4n) is 3.05. The van der Waals surface area contributed by atoms with Gasteiger partial charge in [-0.2, -0.15) is 0 Å². The molecule has 3 unspecified atom stereocenters. The highest BCUT2D eigenvalue weighted by Crippen LogP contribution is 2.10. The topological polar surface area (TPSA) is 129 Å². The minimum Gasteiger partial charge on any atom is -0.468 e. The van der Waals surface area contributed by atoms with Gasteiger partial charge in [0.25, 0.3) is 12.9 Å². The fourth-order valence-corrected chi connectivity index (χ4v) is 3.05. The maximum absolute atomic E-state index is 12.3. The van der Waals surface area contributed by atoms with Gasteiger partial charge in [0.15, 0.2) is 0 Å². The summed E-state index contributed by atoms with van der Waals surface area (Å²) in [5.41, 5.74) is 0.810. The molecule has 0 aromatic heterocycles. The van der Waals surface area contributed by atoms with Crippen LogP contribution in [0.1, 0.15) is 52.9 Å². The van der Waals surface area contributed by atoms with Gasteiger partial charge in [0.1, 0.15) is 6.04 Å². The van der Waals surface area contributed by atoms with Crippen molar-refractivity contribution in [1.82, 2.24) is 10.6 Å². The molecular formula is C22H38N2O8. The molecule has 0 fully saturated rings. The summed E-state index contributed by atoms with van der Waals surface area (Å²) >= 11 is 0. The van der Waals surface area contributed by atoms with Crippen LogP contribution in [0.3, 0.4) is 0 Å². The van der Waals surface area contributed by atoms with E-state index in [0.717, 1.165) is 12.0 Å². The van der Waals surface area contributed by atoms with E-state index in [-0.39, 0.29) is 38.3 Å². The van der Waals surface area contributed by atoms with Gasteiger partial charge in [-0.1, -0.05) is 12.2 Å². The molecule has 0 radical (unpaired) electrons. The van der Waals surface area contributed by atoms with Crippen molar-refractivity contribution in [3.8, 4) is 0 Å². The highest BCUT2D eigenvalue weighted by molar-refractivity contribution is 5.82. The molecule has 0 spiro atoms. The lowest BCUT2D eigenvalue weighted by molar-refractivity contribution is -0.152. The van der Waals surface area contributed by atoms with Crippen LogP contribution in [0.5, 0.6) is 0 Å². The Kier molecular flexibility index (Phi) is 17.8. The number of ether oxygens (including phenoxy) is 4. The second-order valence-corrected chi connectivity index (χ2v) is 7.18. The first-order valence-electron chi connectivity index (χ1n) is 11.0. The van der Waals surface area contributed by atoms with E-state index < -0.39 is 18.0 Å². The van der Waals surface area contributed by atoms with Gasteiger partial charge in [0.2, 0.25) is 0 Å². The summed E-state index contributed by atoms with van der Waals surface area (Å²) in [6, 6.07) is -1.03. The molecule has 184 valence electrons. The van der Waals surface area contributed by atoms with Gasteiger partial charge in [-0.05, 0) is 53.0 Å². The lowest BCUT2D eigenvalue weighted by atomic mass is 10.0. The number of rotatable bonds is 21. The Hall–Kier alpha value is -2.46. The second kappa shape index (κ2) is 19.2. The Morgan fingerprint density at radius 1 is 0.938 bits per heavy atom.